The van der Waals surface area contributed by atoms with E-state index in [1.54, 1.807) is 37.3 Å². The summed E-state index contributed by atoms with van der Waals surface area (Å²) in [6.45, 7) is 1.79. The molecule has 0 aliphatic carbocycles. The molecule has 156 valence electrons. The van der Waals surface area contributed by atoms with E-state index in [-0.39, 0.29) is 17.9 Å². The Morgan fingerprint density at radius 2 is 1.77 bits per heavy atom. The van der Waals surface area contributed by atoms with Crippen LogP contribution in [-0.4, -0.2) is 23.6 Å². The van der Waals surface area contributed by atoms with E-state index >= 15 is 0 Å². The molecule has 2 aliphatic rings. The van der Waals surface area contributed by atoms with Gasteiger partial charge in [-0.15, -0.1) is 0 Å². The summed E-state index contributed by atoms with van der Waals surface area (Å²) < 4.78 is 29.8. The van der Waals surface area contributed by atoms with Crippen LogP contribution in [0.15, 0.2) is 64.6 Å². The second-order valence-corrected chi connectivity index (χ2v) is 7.16. The Labute approximate surface area is 175 Å². The molecule has 5 rings (SSSR count). The molecule has 1 fully saturated rings. The zero-order chi connectivity index (χ0) is 21.7. The largest absolute Gasteiger partial charge is 0.507 e. The van der Waals surface area contributed by atoms with E-state index in [1.165, 1.54) is 17.0 Å². The van der Waals surface area contributed by atoms with Crippen molar-refractivity contribution in [3.05, 3.63) is 83.1 Å². The molecule has 2 aromatic carbocycles. The minimum Gasteiger partial charge on any atom is -0.507 e. The zero-order valence-corrected chi connectivity index (χ0v) is 16.3. The van der Waals surface area contributed by atoms with Crippen LogP contribution in [0, 0.1) is 12.7 Å². The van der Waals surface area contributed by atoms with Crippen LogP contribution < -0.4 is 14.4 Å². The molecule has 1 aromatic heterocycles. The molecule has 0 spiro atoms. The average molecular weight is 421 g/mol. The number of benzene rings is 2. The fourth-order valence-electron chi connectivity index (χ4n) is 3.77. The standard InChI is InChI=1S/C23H16FNO6/c1-12-2-8-17(31-12)20-19(21(26)13-3-5-14(24)6-4-13)22(27)23(28)25(20)15-7-9-16-18(10-15)30-11-29-16/h2-10,20,26H,11H2,1H3/b21-19-. The summed E-state index contributed by atoms with van der Waals surface area (Å²) in [7, 11) is 0. The number of furan rings is 1. The summed E-state index contributed by atoms with van der Waals surface area (Å²) in [4.78, 5) is 27.3. The van der Waals surface area contributed by atoms with Crippen molar-refractivity contribution in [3.63, 3.8) is 0 Å². The minimum atomic E-state index is -1.01. The second kappa shape index (κ2) is 7.02. The predicted octanol–water partition coefficient (Wildman–Crippen LogP) is 4.08. The number of Topliss-reactive ketones (excluding diaryl/α,β-unsaturated/α-hetero) is 1. The van der Waals surface area contributed by atoms with Crippen LogP contribution in [-0.2, 0) is 9.59 Å². The van der Waals surface area contributed by atoms with Gasteiger partial charge in [0.2, 0.25) is 6.79 Å². The lowest BCUT2D eigenvalue weighted by molar-refractivity contribution is -0.132. The topological polar surface area (TPSA) is 89.2 Å². The SMILES string of the molecule is Cc1ccc(C2/C(=C(/O)c3ccc(F)cc3)C(=O)C(=O)N2c2ccc3c(c2)OCO3)o1. The first kappa shape index (κ1) is 18.9. The van der Waals surface area contributed by atoms with Crippen molar-refractivity contribution in [2.75, 3.05) is 11.7 Å². The molecule has 3 aromatic rings. The number of ether oxygens (including phenoxy) is 2. The lowest BCUT2D eigenvalue weighted by atomic mass is 9.99. The first-order valence-electron chi connectivity index (χ1n) is 9.47. The third-order valence-corrected chi connectivity index (χ3v) is 5.23. The normalized spacial score (nSPS) is 19.3. The molecule has 1 N–H and O–H groups in total. The molecule has 31 heavy (non-hydrogen) atoms. The first-order chi connectivity index (χ1) is 14.9. The third kappa shape index (κ3) is 3.04. The van der Waals surface area contributed by atoms with Crippen LogP contribution in [0.1, 0.15) is 23.1 Å². The molecule has 0 radical (unpaired) electrons. The lowest BCUT2D eigenvalue weighted by Crippen LogP contribution is -2.29. The maximum atomic E-state index is 13.3. The first-order valence-corrected chi connectivity index (χ1v) is 9.47. The van der Waals surface area contributed by atoms with Gasteiger partial charge in [0.1, 0.15) is 29.1 Å². The number of anilines is 1. The van der Waals surface area contributed by atoms with Crippen LogP contribution in [0.2, 0.25) is 0 Å². The highest BCUT2D eigenvalue weighted by Gasteiger charge is 2.48. The number of rotatable bonds is 3. The number of ketones is 1. The number of nitrogens with zero attached hydrogens (tertiary/aromatic N) is 1. The Balaban J connectivity index is 1.69. The lowest BCUT2D eigenvalue weighted by Gasteiger charge is -2.23. The quantitative estimate of drug-likeness (QED) is 0.389. The van der Waals surface area contributed by atoms with Gasteiger partial charge in [0.05, 0.1) is 5.57 Å². The predicted molar refractivity (Wildman–Crippen MR) is 107 cm³/mol. The molecule has 2 aliphatic heterocycles. The summed E-state index contributed by atoms with van der Waals surface area (Å²) in [5.74, 6) is -0.772. The summed E-state index contributed by atoms with van der Waals surface area (Å²) in [6, 6.07) is 12.2. The average Bonchev–Trinajstić information content (AvgIpc) is 3.46. The Kier molecular flexibility index (Phi) is 4.28. The number of carbonyl (C=O) groups excluding carboxylic acids is 2. The van der Waals surface area contributed by atoms with E-state index in [1.807, 2.05) is 0 Å². The summed E-state index contributed by atoms with van der Waals surface area (Å²) >= 11 is 0. The van der Waals surface area contributed by atoms with E-state index in [2.05, 4.69) is 0 Å². The smallest absolute Gasteiger partial charge is 0.300 e. The minimum absolute atomic E-state index is 0.0585. The van der Waals surface area contributed by atoms with Crippen LogP contribution in [0.3, 0.4) is 0 Å². The molecule has 0 bridgehead atoms. The molecular formula is C23H16FNO6. The van der Waals surface area contributed by atoms with E-state index in [4.69, 9.17) is 13.9 Å². The van der Waals surface area contributed by atoms with Gasteiger partial charge in [-0.05, 0) is 55.5 Å². The third-order valence-electron chi connectivity index (χ3n) is 5.23. The second-order valence-electron chi connectivity index (χ2n) is 7.16. The molecule has 1 unspecified atom stereocenters. The van der Waals surface area contributed by atoms with Crippen molar-refractivity contribution in [2.45, 2.75) is 13.0 Å². The number of hydrogen-bond donors (Lipinski definition) is 1. The van der Waals surface area contributed by atoms with Crippen LogP contribution in [0.5, 0.6) is 11.5 Å². The van der Waals surface area contributed by atoms with Crippen molar-refractivity contribution in [2.24, 2.45) is 0 Å². The number of halogens is 1. The number of aliphatic hydroxyl groups is 1. The van der Waals surface area contributed by atoms with Gasteiger partial charge in [-0.1, -0.05) is 0 Å². The highest BCUT2D eigenvalue weighted by atomic mass is 19.1. The highest BCUT2D eigenvalue weighted by molar-refractivity contribution is 6.51. The number of amides is 1. The van der Waals surface area contributed by atoms with Crippen molar-refractivity contribution in [1.82, 2.24) is 0 Å². The fraction of sp³-hybridized carbons (Fsp3) is 0.130. The van der Waals surface area contributed by atoms with E-state index in [9.17, 15) is 19.1 Å². The Hall–Kier alpha value is -4.07. The van der Waals surface area contributed by atoms with Crippen LogP contribution in [0.4, 0.5) is 10.1 Å². The number of hydrogen-bond acceptors (Lipinski definition) is 6. The van der Waals surface area contributed by atoms with Gasteiger partial charge in [-0.2, -0.15) is 0 Å². The summed E-state index contributed by atoms with van der Waals surface area (Å²) in [5.41, 5.74) is 0.436. The summed E-state index contributed by atoms with van der Waals surface area (Å²) in [6.07, 6.45) is 0. The maximum absolute atomic E-state index is 13.3. The molecule has 1 saturated heterocycles. The number of carbonyl (C=O) groups is 2. The molecule has 3 heterocycles. The number of aryl methyl sites for hydroxylation is 1. The van der Waals surface area contributed by atoms with E-state index in [0.29, 0.717) is 28.7 Å². The van der Waals surface area contributed by atoms with Crippen LogP contribution in [0.25, 0.3) is 5.76 Å². The monoisotopic (exact) mass is 421 g/mol. The Morgan fingerprint density at radius 1 is 1.03 bits per heavy atom. The molecule has 0 saturated carbocycles. The maximum Gasteiger partial charge on any atom is 0.300 e. The van der Waals surface area contributed by atoms with Crippen molar-refractivity contribution >= 4 is 23.1 Å². The van der Waals surface area contributed by atoms with Gasteiger partial charge in [-0.3, -0.25) is 14.5 Å². The van der Waals surface area contributed by atoms with Crippen molar-refractivity contribution in [1.29, 1.82) is 0 Å². The van der Waals surface area contributed by atoms with Gasteiger partial charge in [-0.25, -0.2) is 4.39 Å². The molecule has 7 nitrogen and oxygen atoms in total. The Morgan fingerprint density at radius 3 is 2.48 bits per heavy atom. The highest BCUT2D eigenvalue weighted by Crippen LogP contribution is 2.45. The Bertz CT molecular complexity index is 1240. The fourth-order valence-corrected chi connectivity index (χ4v) is 3.77. The van der Waals surface area contributed by atoms with E-state index in [0.717, 1.165) is 12.1 Å². The van der Waals surface area contributed by atoms with E-state index < -0.39 is 29.3 Å². The van der Waals surface area contributed by atoms with Crippen LogP contribution >= 0.6 is 0 Å². The van der Waals surface area contributed by atoms with Gasteiger partial charge >= 0.3 is 0 Å². The number of aliphatic hydroxyl groups excluding tert-OH is 1. The number of fused-ring (bicyclic) bond motifs is 1. The van der Waals surface area contributed by atoms with Gasteiger partial charge in [0.25, 0.3) is 11.7 Å². The van der Waals surface area contributed by atoms with Gasteiger partial charge in [0.15, 0.2) is 11.5 Å². The van der Waals surface area contributed by atoms with Gasteiger partial charge < -0.3 is 19.0 Å². The molecule has 8 heteroatoms. The zero-order valence-electron chi connectivity index (χ0n) is 16.3. The molecule has 1 atom stereocenters. The summed E-state index contributed by atoms with van der Waals surface area (Å²) in [5, 5.41) is 10.9. The molecular weight excluding hydrogens is 405 g/mol. The molecule has 1 amide bonds. The van der Waals surface area contributed by atoms with Gasteiger partial charge in [0, 0.05) is 17.3 Å². The van der Waals surface area contributed by atoms with Crippen molar-refractivity contribution in [3.8, 4) is 11.5 Å². The van der Waals surface area contributed by atoms with Crippen molar-refractivity contribution < 1.29 is 33.0 Å².